The van der Waals surface area contributed by atoms with Gasteiger partial charge in [-0.1, -0.05) is 37.3 Å². The molecule has 1 aliphatic rings. The maximum atomic E-state index is 12.6. The number of nitrogens with zero attached hydrogens (tertiary/aromatic N) is 1. The van der Waals surface area contributed by atoms with Gasteiger partial charge >= 0.3 is 0 Å². The van der Waals surface area contributed by atoms with Crippen LogP contribution in [0.2, 0.25) is 0 Å². The SMILES string of the molecule is CC(CS(=O)(=O)N1CCCC(CCO)C1)c1ccccc1. The van der Waals surface area contributed by atoms with E-state index in [4.69, 9.17) is 5.11 Å². The molecule has 21 heavy (non-hydrogen) atoms. The van der Waals surface area contributed by atoms with Crippen molar-refractivity contribution in [1.82, 2.24) is 4.31 Å². The van der Waals surface area contributed by atoms with Gasteiger partial charge in [0.1, 0.15) is 0 Å². The number of hydrogen-bond donors (Lipinski definition) is 1. The molecule has 2 atom stereocenters. The Hall–Kier alpha value is -0.910. The van der Waals surface area contributed by atoms with Crippen molar-refractivity contribution >= 4 is 10.0 Å². The first-order valence-electron chi connectivity index (χ1n) is 7.66. The summed E-state index contributed by atoms with van der Waals surface area (Å²) >= 11 is 0. The molecule has 1 saturated heterocycles. The van der Waals surface area contributed by atoms with Crippen LogP contribution in [-0.2, 0) is 10.0 Å². The molecule has 0 radical (unpaired) electrons. The van der Waals surface area contributed by atoms with E-state index in [0.717, 1.165) is 18.4 Å². The number of benzene rings is 1. The maximum absolute atomic E-state index is 12.6. The van der Waals surface area contributed by atoms with Crippen LogP contribution in [0, 0.1) is 5.92 Å². The minimum Gasteiger partial charge on any atom is -0.396 e. The molecular weight excluding hydrogens is 286 g/mol. The van der Waals surface area contributed by atoms with Crippen LogP contribution in [0.15, 0.2) is 30.3 Å². The van der Waals surface area contributed by atoms with Crippen LogP contribution >= 0.6 is 0 Å². The van der Waals surface area contributed by atoms with Crippen molar-refractivity contribution in [2.75, 3.05) is 25.4 Å². The summed E-state index contributed by atoms with van der Waals surface area (Å²) in [7, 11) is -3.23. The maximum Gasteiger partial charge on any atom is 0.214 e. The second-order valence-corrected chi connectivity index (χ2v) is 7.98. The lowest BCUT2D eigenvalue weighted by molar-refractivity contribution is 0.202. The monoisotopic (exact) mass is 311 g/mol. The van der Waals surface area contributed by atoms with Crippen LogP contribution in [0.4, 0.5) is 0 Å². The predicted molar refractivity (Wildman–Crippen MR) is 84.6 cm³/mol. The summed E-state index contributed by atoms with van der Waals surface area (Å²) in [5.74, 6) is 0.447. The van der Waals surface area contributed by atoms with Gasteiger partial charge in [0.15, 0.2) is 0 Å². The van der Waals surface area contributed by atoms with Crippen molar-refractivity contribution in [1.29, 1.82) is 0 Å². The molecule has 0 bridgehead atoms. The molecule has 2 rings (SSSR count). The van der Waals surface area contributed by atoms with Gasteiger partial charge < -0.3 is 5.11 Å². The average molecular weight is 311 g/mol. The molecule has 118 valence electrons. The first-order valence-corrected chi connectivity index (χ1v) is 9.27. The third-order valence-electron chi connectivity index (χ3n) is 4.24. The van der Waals surface area contributed by atoms with Gasteiger partial charge in [-0.2, -0.15) is 0 Å². The summed E-state index contributed by atoms with van der Waals surface area (Å²) in [5, 5.41) is 9.03. The van der Waals surface area contributed by atoms with E-state index in [2.05, 4.69) is 0 Å². The summed E-state index contributed by atoms with van der Waals surface area (Å²) < 4.78 is 26.8. The van der Waals surface area contributed by atoms with Crippen LogP contribution in [0.3, 0.4) is 0 Å². The first-order chi connectivity index (χ1) is 10.0. The van der Waals surface area contributed by atoms with Crippen LogP contribution in [0.5, 0.6) is 0 Å². The molecule has 1 fully saturated rings. The highest BCUT2D eigenvalue weighted by Gasteiger charge is 2.30. The van der Waals surface area contributed by atoms with Crippen molar-refractivity contribution in [3.05, 3.63) is 35.9 Å². The van der Waals surface area contributed by atoms with Crippen molar-refractivity contribution in [3.8, 4) is 0 Å². The minimum absolute atomic E-state index is 0.00517. The van der Waals surface area contributed by atoms with Gasteiger partial charge in [0.2, 0.25) is 10.0 Å². The molecule has 4 nitrogen and oxygen atoms in total. The van der Waals surface area contributed by atoms with Crippen molar-refractivity contribution in [2.24, 2.45) is 5.92 Å². The fraction of sp³-hybridized carbons (Fsp3) is 0.625. The van der Waals surface area contributed by atoms with Crippen LogP contribution in [0.25, 0.3) is 0 Å². The highest BCUT2D eigenvalue weighted by Crippen LogP contribution is 2.24. The minimum atomic E-state index is -3.23. The van der Waals surface area contributed by atoms with Gasteiger partial charge in [-0.25, -0.2) is 12.7 Å². The molecule has 1 aliphatic heterocycles. The number of aliphatic hydroxyl groups is 1. The highest BCUT2D eigenvalue weighted by molar-refractivity contribution is 7.89. The summed E-state index contributed by atoms with van der Waals surface area (Å²) in [6.45, 7) is 3.27. The fourth-order valence-electron chi connectivity index (χ4n) is 3.00. The van der Waals surface area contributed by atoms with Crippen molar-refractivity contribution < 1.29 is 13.5 Å². The number of sulfonamides is 1. The van der Waals surface area contributed by atoms with Crippen LogP contribution in [-0.4, -0.2) is 43.3 Å². The van der Waals surface area contributed by atoms with Crippen LogP contribution in [0.1, 0.15) is 37.7 Å². The number of hydrogen-bond acceptors (Lipinski definition) is 3. The second-order valence-electron chi connectivity index (χ2n) is 5.97. The first kappa shape index (κ1) is 16.5. The Morgan fingerprint density at radius 2 is 2.05 bits per heavy atom. The summed E-state index contributed by atoms with van der Waals surface area (Å²) in [4.78, 5) is 0. The van der Waals surface area contributed by atoms with Gasteiger partial charge in [-0.15, -0.1) is 0 Å². The van der Waals surface area contributed by atoms with Gasteiger partial charge in [-0.05, 0) is 36.7 Å². The normalized spacial score (nSPS) is 22.1. The molecule has 1 N–H and O–H groups in total. The lowest BCUT2D eigenvalue weighted by atomic mass is 9.97. The molecule has 1 aromatic carbocycles. The van der Waals surface area contributed by atoms with E-state index >= 15 is 0 Å². The van der Waals surface area contributed by atoms with Crippen molar-refractivity contribution in [3.63, 3.8) is 0 Å². The molecule has 0 spiro atoms. The quantitative estimate of drug-likeness (QED) is 0.876. The highest BCUT2D eigenvalue weighted by atomic mass is 32.2. The molecular formula is C16H25NO3S. The lowest BCUT2D eigenvalue weighted by Crippen LogP contribution is -2.42. The number of piperidine rings is 1. The summed E-state index contributed by atoms with van der Waals surface area (Å²) in [6.07, 6.45) is 2.60. The third-order valence-corrected chi connectivity index (χ3v) is 6.28. The Bertz CT molecular complexity index is 528. The van der Waals surface area contributed by atoms with E-state index in [0.29, 0.717) is 25.4 Å². The second kappa shape index (κ2) is 7.38. The van der Waals surface area contributed by atoms with E-state index in [1.54, 1.807) is 4.31 Å². The Balaban J connectivity index is 2.01. The van der Waals surface area contributed by atoms with Gasteiger partial charge in [0, 0.05) is 19.7 Å². The third kappa shape index (κ3) is 4.53. The van der Waals surface area contributed by atoms with Gasteiger partial charge in [0.25, 0.3) is 0 Å². The molecule has 2 unspecified atom stereocenters. The molecule has 1 heterocycles. The molecule has 1 aromatic rings. The topological polar surface area (TPSA) is 57.6 Å². The lowest BCUT2D eigenvalue weighted by Gasteiger charge is -2.32. The molecule has 0 amide bonds. The standard InChI is InChI=1S/C16H25NO3S/c1-14(16-7-3-2-4-8-16)13-21(19,20)17-10-5-6-15(12-17)9-11-18/h2-4,7-8,14-15,18H,5-6,9-13H2,1H3. The van der Waals surface area contributed by atoms with E-state index in [1.807, 2.05) is 37.3 Å². The fourth-order valence-corrected chi connectivity index (χ4v) is 4.88. The summed E-state index contributed by atoms with van der Waals surface area (Å²) in [6, 6.07) is 9.78. The molecule has 0 aliphatic carbocycles. The zero-order valence-corrected chi connectivity index (χ0v) is 13.4. The number of rotatable bonds is 6. The van der Waals surface area contributed by atoms with E-state index in [-0.39, 0.29) is 18.3 Å². The Labute approximate surface area is 127 Å². The Morgan fingerprint density at radius 3 is 2.71 bits per heavy atom. The molecule has 5 heteroatoms. The van der Waals surface area contributed by atoms with Gasteiger partial charge in [-0.3, -0.25) is 0 Å². The molecule has 0 saturated carbocycles. The Morgan fingerprint density at radius 1 is 1.33 bits per heavy atom. The average Bonchev–Trinajstić information content (AvgIpc) is 2.48. The predicted octanol–water partition coefficient (Wildman–Crippen LogP) is 2.21. The molecule has 0 aromatic heterocycles. The Kier molecular flexibility index (Phi) is 5.79. The van der Waals surface area contributed by atoms with E-state index < -0.39 is 10.0 Å². The van der Waals surface area contributed by atoms with E-state index in [1.165, 1.54) is 0 Å². The van der Waals surface area contributed by atoms with Gasteiger partial charge in [0.05, 0.1) is 5.75 Å². The van der Waals surface area contributed by atoms with E-state index in [9.17, 15) is 8.42 Å². The van der Waals surface area contributed by atoms with Crippen LogP contribution < -0.4 is 0 Å². The zero-order valence-electron chi connectivity index (χ0n) is 12.6. The zero-order chi connectivity index (χ0) is 15.3. The smallest absolute Gasteiger partial charge is 0.214 e. The number of aliphatic hydroxyl groups excluding tert-OH is 1. The summed E-state index contributed by atoms with van der Waals surface area (Å²) in [5.41, 5.74) is 1.06. The van der Waals surface area contributed by atoms with Crippen molar-refractivity contribution in [2.45, 2.75) is 32.1 Å². The largest absolute Gasteiger partial charge is 0.396 e.